The number of rotatable bonds is 11. The fourth-order valence-corrected chi connectivity index (χ4v) is 2.22. The van der Waals surface area contributed by atoms with E-state index in [0.29, 0.717) is 6.61 Å². The van der Waals surface area contributed by atoms with Crippen LogP contribution in [0, 0.1) is 0 Å². The second-order valence-corrected chi connectivity index (χ2v) is 5.71. The Balaban J connectivity index is 2.18. The minimum Gasteiger partial charge on any atom is -0.492 e. The third kappa shape index (κ3) is 8.74. The number of benzene rings is 1. The lowest BCUT2D eigenvalue weighted by molar-refractivity contribution is 0.161. The molecule has 0 bridgehead atoms. The first-order valence-corrected chi connectivity index (χ1v) is 8.44. The van der Waals surface area contributed by atoms with Gasteiger partial charge in [-0.15, -0.1) is 0 Å². The predicted octanol–water partition coefficient (Wildman–Crippen LogP) is 1.54. The summed E-state index contributed by atoms with van der Waals surface area (Å²) in [7, 11) is 7.67. The third-order valence-electron chi connectivity index (χ3n) is 3.69. The molecule has 6 heteroatoms. The summed E-state index contributed by atoms with van der Waals surface area (Å²) in [5, 5.41) is 3.39. The van der Waals surface area contributed by atoms with Gasteiger partial charge in [0.05, 0.1) is 13.2 Å². The molecule has 0 aliphatic heterocycles. The second-order valence-electron chi connectivity index (χ2n) is 5.71. The van der Waals surface area contributed by atoms with E-state index in [1.165, 1.54) is 0 Å². The topological polar surface area (TPSA) is 49.3 Å². The van der Waals surface area contributed by atoms with Crippen molar-refractivity contribution in [3.63, 3.8) is 0 Å². The van der Waals surface area contributed by atoms with E-state index < -0.39 is 0 Å². The van der Waals surface area contributed by atoms with Crippen LogP contribution in [0.5, 0.6) is 5.75 Å². The van der Waals surface area contributed by atoms with Gasteiger partial charge < -0.3 is 24.6 Å². The SMILES string of the molecule is CN=C(NCCCN(C)CCOC)N(C)CCOc1ccccc1. The highest BCUT2D eigenvalue weighted by molar-refractivity contribution is 5.79. The van der Waals surface area contributed by atoms with Gasteiger partial charge in [0.1, 0.15) is 12.4 Å². The van der Waals surface area contributed by atoms with Crippen molar-refractivity contribution in [2.45, 2.75) is 6.42 Å². The fourth-order valence-electron chi connectivity index (χ4n) is 2.22. The van der Waals surface area contributed by atoms with Crippen LogP contribution in [0.1, 0.15) is 6.42 Å². The van der Waals surface area contributed by atoms with E-state index in [4.69, 9.17) is 9.47 Å². The van der Waals surface area contributed by atoms with Crippen LogP contribution in [0.15, 0.2) is 35.3 Å². The van der Waals surface area contributed by atoms with Crippen molar-refractivity contribution in [2.75, 3.05) is 67.6 Å². The normalized spacial score (nSPS) is 11.6. The van der Waals surface area contributed by atoms with Crippen molar-refractivity contribution >= 4 is 5.96 Å². The van der Waals surface area contributed by atoms with E-state index in [0.717, 1.165) is 50.9 Å². The van der Waals surface area contributed by atoms with Crippen LogP contribution in [0.25, 0.3) is 0 Å². The lowest BCUT2D eigenvalue weighted by atomic mass is 10.3. The van der Waals surface area contributed by atoms with Crippen LogP contribution >= 0.6 is 0 Å². The number of guanidine groups is 1. The average Bonchev–Trinajstić information content (AvgIpc) is 2.60. The lowest BCUT2D eigenvalue weighted by Crippen LogP contribution is -2.41. The Morgan fingerprint density at radius 2 is 1.83 bits per heavy atom. The Labute approximate surface area is 146 Å². The highest BCUT2D eigenvalue weighted by atomic mass is 16.5. The highest BCUT2D eigenvalue weighted by Gasteiger charge is 2.05. The minimum atomic E-state index is 0.626. The van der Waals surface area contributed by atoms with Gasteiger partial charge in [-0.1, -0.05) is 18.2 Å². The molecule has 1 rings (SSSR count). The minimum absolute atomic E-state index is 0.626. The Hall–Kier alpha value is -1.79. The van der Waals surface area contributed by atoms with Crippen LogP contribution in [-0.4, -0.2) is 83.4 Å². The number of para-hydroxylation sites is 1. The second kappa shape index (κ2) is 12.6. The summed E-state index contributed by atoms with van der Waals surface area (Å²) in [6, 6.07) is 9.87. The fraction of sp³-hybridized carbons (Fsp3) is 0.611. The van der Waals surface area contributed by atoms with Crippen molar-refractivity contribution in [2.24, 2.45) is 4.99 Å². The van der Waals surface area contributed by atoms with Gasteiger partial charge in [0, 0.05) is 34.3 Å². The van der Waals surface area contributed by atoms with E-state index in [1.54, 1.807) is 7.11 Å². The molecule has 0 aliphatic rings. The molecule has 0 amide bonds. The number of hydrogen-bond donors (Lipinski definition) is 1. The van der Waals surface area contributed by atoms with Gasteiger partial charge in [0.25, 0.3) is 0 Å². The van der Waals surface area contributed by atoms with E-state index in [-0.39, 0.29) is 0 Å². The number of ether oxygens (including phenoxy) is 2. The largest absolute Gasteiger partial charge is 0.492 e. The molecule has 24 heavy (non-hydrogen) atoms. The molecule has 1 aromatic carbocycles. The summed E-state index contributed by atoms with van der Waals surface area (Å²) < 4.78 is 10.8. The van der Waals surface area contributed by atoms with Gasteiger partial charge >= 0.3 is 0 Å². The molecule has 6 nitrogen and oxygen atoms in total. The zero-order valence-electron chi connectivity index (χ0n) is 15.5. The lowest BCUT2D eigenvalue weighted by Gasteiger charge is -2.23. The molecule has 0 spiro atoms. The first-order chi connectivity index (χ1) is 11.7. The van der Waals surface area contributed by atoms with E-state index >= 15 is 0 Å². The molecule has 136 valence electrons. The molecule has 0 saturated heterocycles. The van der Waals surface area contributed by atoms with Crippen molar-refractivity contribution in [3.05, 3.63) is 30.3 Å². The standard InChI is InChI=1S/C18H32N4O2/c1-19-18(20-11-8-12-21(2)13-15-23-4)22(3)14-16-24-17-9-6-5-7-10-17/h5-7,9-10H,8,11-16H2,1-4H3,(H,19,20). The van der Waals surface area contributed by atoms with E-state index in [1.807, 2.05) is 44.4 Å². The van der Waals surface area contributed by atoms with Gasteiger partial charge in [0.2, 0.25) is 0 Å². The van der Waals surface area contributed by atoms with Crippen LogP contribution < -0.4 is 10.1 Å². The maximum atomic E-state index is 5.72. The molecule has 0 aliphatic carbocycles. The highest BCUT2D eigenvalue weighted by Crippen LogP contribution is 2.07. The quantitative estimate of drug-likeness (QED) is 0.377. The molecule has 0 saturated carbocycles. The van der Waals surface area contributed by atoms with Crippen LogP contribution in [0.3, 0.4) is 0 Å². The molecule has 0 aromatic heterocycles. The molecule has 0 unspecified atom stereocenters. The molecule has 0 heterocycles. The van der Waals surface area contributed by atoms with Gasteiger partial charge in [-0.05, 0) is 32.1 Å². The molecule has 1 N–H and O–H groups in total. The molecular formula is C18H32N4O2. The number of likely N-dealkylation sites (N-methyl/N-ethyl adjacent to an activating group) is 2. The molecule has 1 aromatic rings. The Morgan fingerprint density at radius 3 is 2.50 bits per heavy atom. The summed E-state index contributed by atoms with van der Waals surface area (Å²) in [5.74, 6) is 1.79. The average molecular weight is 336 g/mol. The predicted molar refractivity (Wildman–Crippen MR) is 99.9 cm³/mol. The van der Waals surface area contributed by atoms with E-state index in [2.05, 4.69) is 27.2 Å². The maximum absolute atomic E-state index is 5.72. The van der Waals surface area contributed by atoms with Crippen LogP contribution in [-0.2, 0) is 4.74 Å². The Kier molecular flexibility index (Phi) is 10.6. The Bertz CT molecular complexity index is 454. The summed E-state index contributed by atoms with van der Waals surface area (Å²) in [6.07, 6.45) is 1.06. The van der Waals surface area contributed by atoms with Gasteiger partial charge in [0.15, 0.2) is 5.96 Å². The van der Waals surface area contributed by atoms with Gasteiger partial charge in [-0.25, -0.2) is 0 Å². The molecule has 0 fully saturated rings. The van der Waals surface area contributed by atoms with Crippen molar-refractivity contribution in [1.82, 2.24) is 15.1 Å². The van der Waals surface area contributed by atoms with Crippen molar-refractivity contribution in [3.8, 4) is 5.75 Å². The van der Waals surface area contributed by atoms with Crippen LogP contribution in [0.2, 0.25) is 0 Å². The zero-order valence-corrected chi connectivity index (χ0v) is 15.5. The van der Waals surface area contributed by atoms with Crippen molar-refractivity contribution < 1.29 is 9.47 Å². The van der Waals surface area contributed by atoms with Gasteiger partial charge in [-0.3, -0.25) is 4.99 Å². The number of nitrogens with one attached hydrogen (secondary N) is 1. The van der Waals surface area contributed by atoms with Gasteiger partial charge in [-0.2, -0.15) is 0 Å². The number of nitrogens with zero attached hydrogens (tertiary/aromatic N) is 3. The zero-order chi connectivity index (χ0) is 17.6. The number of hydrogen-bond acceptors (Lipinski definition) is 4. The van der Waals surface area contributed by atoms with E-state index in [9.17, 15) is 0 Å². The molecule has 0 atom stereocenters. The number of aliphatic imine (C=N–C) groups is 1. The first kappa shape index (κ1) is 20.3. The first-order valence-electron chi connectivity index (χ1n) is 8.44. The summed E-state index contributed by atoms with van der Waals surface area (Å²) in [6.45, 7) is 5.07. The monoisotopic (exact) mass is 336 g/mol. The summed E-state index contributed by atoms with van der Waals surface area (Å²) in [5.41, 5.74) is 0. The maximum Gasteiger partial charge on any atom is 0.193 e. The molecular weight excluding hydrogens is 304 g/mol. The smallest absolute Gasteiger partial charge is 0.193 e. The Morgan fingerprint density at radius 1 is 1.08 bits per heavy atom. The summed E-state index contributed by atoms with van der Waals surface area (Å²) >= 11 is 0. The van der Waals surface area contributed by atoms with Crippen molar-refractivity contribution in [1.29, 1.82) is 0 Å². The third-order valence-corrected chi connectivity index (χ3v) is 3.69. The number of methoxy groups -OCH3 is 1. The van der Waals surface area contributed by atoms with Crippen LogP contribution in [0.4, 0.5) is 0 Å². The summed E-state index contributed by atoms with van der Waals surface area (Å²) in [4.78, 5) is 8.67. The molecule has 0 radical (unpaired) electrons.